The van der Waals surface area contributed by atoms with Gasteiger partial charge in [-0.15, -0.1) is 5.10 Å². The van der Waals surface area contributed by atoms with E-state index in [2.05, 4.69) is 15.2 Å². The van der Waals surface area contributed by atoms with E-state index < -0.39 is 0 Å². The molecule has 0 aromatic carbocycles. The van der Waals surface area contributed by atoms with Crippen LogP contribution in [0.15, 0.2) is 0 Å². The molecular weight excluding hydrogens is 178 g/mol. The Hall–Kier alpha value is -1.10. The van der Waals surface area contributed by atoms with Crippen LogP contribution in [0.3, 0.4) is 0 Å². The molecular formula is C9H17N5. The van der Waals surface area contributed by atoms with Gasteiger partial charge in [0.1, 0.15) is 5.82 Å². The van der Waals surface area contributed by atoms with Crippen LogP contribution in [-0.2, 0) is 0 Å². The van der Waals surface area contributed by atoms with E-state index in [9.17, 15) is 0 Å². The molecule has 0 aliphatic heterocycles. The largest absolute Gasteiger partial charge is 0.346 e. The third-order valence-corrected chi connectivity index (χ3v) is 2.86. The number of anilines is 1. The Labute approximate surface area is 83.7 Å². The summed E-state index contributed by atoms with van der Waals surface area (Å²) in [6, 6.07) is 0.0324. The zero-order valence-electron chi connectivity index (χ0n) is 8.70. The van der Waals surface area contributed by atoms with Gasteiger partial charge in [0, 0.05) is 14.1 Å². The Kier molecular flexibility index (Phi) is 2.41. The molecule has 78 valence electrons. The highest BCUT2D eigenvalue weighted by atomic mass is 15.3. The molecule has 1 atom stereocenters. The van der Waals surface area contributed by atoms with Crippen molar-refractivity contribution in [3.8, 4) is 0 Å². The van der Waals surface area contributed by atoms with Gasteiger partial charge in [-0.2, -0.15) is 4.98 Å². The number of H-pyrrole nitrogens is 1. The molecule has 2 rings (SSSR count). The SMILES string of the molecule is CN(C)c1n[nH]c(C(N)C2CCC2)n1. The summed E-state index contributed by atoms with van der Waals surface area (Å²) in [5.74, 6) is 2.12. The highest BCUT2D eigenvalue weighted by molar-refractivity contribution is 5.25. The molecule has 14 heavy (non-hydrogen) atoms. The Morgan fingerprint density at radius 1 is 1.50 bits per heavy atom. The summed E-state index contributed by atoms with van der Waals surface area (Å²) >= 11 is 0. The topological polar surface area (TPSA) is 70.8 Å². The summed E-state index contributed by atoms with van der Waals surface area (Å²) in [6.07, 6.45) is 3.74. The van der Waals surface area contributed by atoms with Crippen LogP contribution in [0, 0.1) is 5.92 Å². The highest BCUT2D eigenvalue weighted by Gasteiger charge is 2.27. The van der Waals surface area contributed by atoms with Gasteiger partial charge in [-0.25, -0.2) is 0 Å². The number of nitrogens with zero attached hydrogens (tertiary/aromatic N) is 3. The maximum atomic E-state index is 6.06. The minimum Gasteiger partial charge on any atom is -0.346 e. The molecule has 5 nitrogen and oxygen atoms in total. The molecule has 1 aromatic rings. The minimum absolute atomic E-state index is 0.0324. The summed E-state index contributed by atoms with van der Waals surface area (Å²) in [5, 5.41) is 7.00. The number of aromatic nitrogens is 3. The van der Waals surface area contributed by atoms with E-state index in [1.54, 1.807) is 0 Å². The van der Waals surface area contributed by atoms with Crippen LogP contribution < -0.4 is 10.6 Å². The standard InChI is InChI=1S/C9H17N5/c1-14(2)9-11-8(12-13-9)7(10)6-4-3-5-6/h6-7H,3-5,10H2,1-2H3,(H,11,12,13). The Morgan fingerprint density at radius 3 is 2.64 bits per heavy atom. The smallest absolute Gasteiger partial charge is 0.244 e. The van der Waals surface area contributed by atoms with Gasteiger partial charge >= 0.3 is 0 Å². The average molecular weight is 195 g/mol. The lowest BCUT2D eigenvalue weighted by Crippen LogP contribution is -2.27. The van der Waals surface area contributed by atoms with E-state index in [1.165, 1.54) is 19.3 Å². The lowest BCUT2D eigenvalue weighted by atomic mass is 9.80. The van der Waals surface area contributed by atoms with Crippen LogP contribution in [-0.4, -0.2) is 29.3 Å². The number of hydrogen-bond acceptors (Lipinski definition) is 4. The van der Waals surface area contributed by atoms with Crippen molar-refractivity contribution in [3.05, 3.63) is 5.82 Å². The highest BCUT2D eigenvalue weighted by Crippen LogP contribution is 2.35. The van der Waals surface area contributed by atoms with Crippen LogP contribution in [0.1, 0.15) is 31.1 Å². The molecule has 1 unspecified atom stereocenters. The van der Waals surface area contributed by atoms with Crippen molar-refractivity contribution in [1.82, 2.24) is 15.2 Å². The first-order valence-corrected chi connectivity index (χ1v) is 5.03. The molecule has 0 saturated heterocycles. The summed E-state index contributed by atoms with van der Waals surface area (Å²) in [4.78, 5) is 6.22. The van der Waals surface area contributed by atoms with Gasteiger partial charge in [0.05, 0.1) is 6.04 Å². The molecule has 1 fully saturated rings. The third-order valence-electron chi connectivity index (χ3n) is 2.86. The molecule has 0 spiro atoms. The minimum atomic E-state index is 0.0324. The zero-order valence-corrected chi connectivity index (χ0v) is 8.70. The molecule has 1 aromatic heterocycles. The normalized spacial score (nSPS) is 19.1. The molecule has 1 saturated carbocycles. The molecule has 0 bridgehead atoms. The Morgan fingerprint density at radius 2 is 2.21 bits per heavy atom. The number of rotatable bonds is 3. The fourth-order valence-corrected chi connectivity index (χ4v) is 1.64. The molecule has 1 heterocycles. The van der Waals surface area contributed by atoms with Gasteiger partial charge in [-0.3, -0.25) is 5.10 Å². The zero-order chi connectivity index (χ0) is 10.1. The fourth-order valence-electron chi connectivity index (χ4n) is 1.64. The first-order valence-electron chi connectivity index (χ1n) is 5.03. The third kappa shape index (κ3) is 1.59. The number of nitrogens with one attached hydrogen (secondary N) is 1. The van der Waals surface area contributed by atoms with Gasteiger partial charge in [-0.05, 0) is 18.8 Å². The summed E-state index contributed by atoms with van der Waals surface area (Å²) in [6.45, 7) is 0. The quantitative estimate of drug-likeness (QED) is 0.743. The van der Waals surface area contributed by atoms with Crippen molar-refractivity contribution in [3.63, 3.8) is 0 Å². The lowest BCUT2D eigenvalue weighted by molar-refractivity contribution is 0.258. The Bertz CT molecular complexity index is 302. The van der Waals surface area contributed by atoms with Crippen LogP contribution in [0.5, 0.6) is 0 Å². The maximum Gasteiger partial charge on any atom is 0.244 e. The molecule has 5 heteroatoms. The molecule has 1 aliphatic rings. The van der Waals surface area contributed by atoms with Crippen LogP contribution in [0.2, 0.25) is 0 Å². The van der Waals surface area contributed by atoms with Crippen molar-refractivity contribution in [1.29, 1.82) is 0 Å². The van der Waals surface area contributed by atoms with E-state index in [1.807, 2.05) is 19.0 Å². The summed E-state index contributed by atoms with van der Waals surface area (Å²) < 4.78 is 0. The maximum absolute atomic E-state index is 6.06. The van der Waals surface area contributed by atoms with Crippen molar-refractivity contribution in [2.75, 3.05) is 19.0 Å². The lowest BCUT2D eigenvalue weighted by Gasteiger charge is -2.29. The number of aromatic amines is 1. The van der Waals surface area contributed by atoms with Crippen molar-refractivity contribution < 1.29 is 0 Å². The van der Waals surface area contributed by atoms with Crippen LogP contribution in [0.4, 0.5) is 5.95 Å². The second-order valence-electron chi connectivity index (χ2n) is 4.13. The summed E-state index contributed by atoms with van der Waals surface area (Å²) in [7, 11) is 3.84. The van der Waals surface area contributed by atoms with Gasteiger partial charge < -0.3 is 10.6 Å². The second-order valence-corrected chi connectivity index (χ2v) is 4.13. The van der Waals surface area contributed by atoms with E-state index >= 15 is 0 Å². The van der Waals surface area contributed by atoms with E-state index in [-0.39, 0.29) is 6.04 Å². The van der Waals surface area contributed by atoms with Crippen molar-refractivity contribution in [2.45, 2.75) is 25.3 Å². The first-order chi connectivity index (χ1) is 6.68. The average Bonchev–Trinajstić information content (AvgIpc) is 2.48. The molecule has 1 aliphatic carbocycles. The van der Waals surface area contributed by atoms with Gasteiger partial charge in [-0.1, -0.05) is 6.42 Å². The van der Waals surface area contributed by atoms with Crippen LogP contribution in [0.25, 0.3) is 0 Å². The van der Waals surface area contributed by atoms with Crippen LogP contribution >= 0.6 is 0 Å². The van der Waals surface area contributed by atoms with Gasteiger partial charge in [0.15, 0.2) is 0 Å². The number of nitrogens with two attached hydrogens (primary N) is 1. The van der Waals surface area contributed by atoms with Gasteiger partial charge in [0.25, 0.3) is 0 Å². The predicted molar refractivity (Wildman–Crippen MR) is 55.0 cm³/mol. The van der Waals surface area contributed by atoms with E-state index in [0.29, 0.717) is 11.9 Å². The van der Waals surface area contributed by atoms with E-state index in [0.717, 1.165) is 5.82 Å². The fraction of sp³-hybridized carbons (Fsp3) is 0.778. The molecule has 0 radical (unpaired) electrons. The van der Waals surface area contributed by atoms with Gasteiger partial charge in [0.2, 0.25) is 5.95 Å². The Balaban J connectivity index is 2.07. The van der Waals surface area contributed by atoms with Crippen molar-refractivity contribution in [2.24, 2.45) is 11.7 Å². The summed E-state index contributed by atoms with van der Waals surface area (Å²) in [5.41, 5.74) is 6.06. The number of hydrogen-bond donors (Lipinski definition) is 2. The molecule has 0 amide bonds. The first kappa shape index (κ1) is 9.45. The predicted octanol–water partition coefficient (Wildman–Crippen LogP) is 0.671. The monoisotopic (exact) mass is 195 g/mol. The van der Waals surface area contributed by atoms with E-state index in [4.69, 9.17) is 5.73 Å². The molecule has 3 N–H and O–H groups in total. The second kappa shape index (κ2) is 3.57. The van der Waals surface area contributed by atoms with Crippen molar-refractivity contribution >= 4 is 5.95 Å².